The lowest BCUT2D eigenvalue weighted by Gasteiger charge is -2.03. The minimum Gasteiger partial charge on any atom is -0.461 e. The highest BCUT2D eigenvalue weighted by Gasteiger charge is 2.16. The number of pyridine rings is 1. The topological polar surface area (TPSA) is 98.1 Å². The predicted octanol–water partition coefficient (Wildman–Crippen LogP) is 3.11. The Balaban J connectivity index is 2.29. The van der Waals surface area contributed by atoms with Gasteiger partial charge in [0.2, 0.25) is 0 Å². The average Bonchev–Trinajstić information content (AvgIpc) is 2.86. The number of hydrogen-bond acceptors (Lipinski definition) is 5. The van der Waals surface area contributed by atoms with Crippen molar-refractivity contribution in [3.8, 4) is 0 Å². The van der Waals surface area contributed by atoms with E-state index >= 15 is 0 Å². The minimum atomic E-state index is -0.507. The van der Waals surface area contributed by atoms with E-state index in [4.69, 9.17) is 4.74 Å². The molecule has 7 nitrogen and oxygen atoms in total. The van der Waals surface area contributed by atoms with Crippen LogP contribution in [0.2, 0.25) is 0 Å². The fraction of sp³-hybridized carbons (Fsp3) is 0.200. The first-order valence-corrected chi connectivity index (χ1v) is 6.76. The van der Waals surface area contributed by atoms with Gasteiger partial charge in [-0.2, -0.15) is 0 Å². The molecule has 1 aromatic carbocycles. The van der Waals surface area contributed by atoms with Crippen molar-refractivity contribution in [3.05, 3.63) is 45.8 Å². The third kappa shape index (κ3) is 2.16. The maximum atomic E-state index is 11.9. The van der Waals surface area contributed by atoms with Crippen LogP contribution < -0.4 is 0 Å². The lowest BCUT2D eigenvalue weighted by molar-refractivity contribution is -0.384. The molecule has 22 heavy (non-hydrogen) atoms. The smallest absolute Gasteiger partial charge is 0.356 e. The number of carbonyl (C=O) groups is 1. The van der Waals surface area contributed by atoms with Gasteiger partial charge >= 0.3 is 5.97 Å². The quantitative estimate of drug-likeness (QED) is 0.455. The lowest BCUT2D eigenvalue weighted by atomic mass is 10.1. The summed E-state index contributed by atoms with van der Waals surface area (Å²) in [5, 5.41) is 12.3. The number of ether oxygens (including phenoxy) is 1. The first-order chi connectivity index (χ1) is 10.5. The molecular weight excluding hydrogens is 286 g/mol. The zero-order valence-electron chi connectivity index (χ0n) is 12.0. The minimum absolute atomic E-state index is 0.000509. The van der Waals surface area contributed by atoms with Crippen LogP contribution in [-0.2, 0) is 4.74 Å². The summed E-state index contributed by atoms with van der Waals surface area (Å²) in [6.45, 7) is 3.75. The molecule has 0 bridgehead atoms. The third-order valence-corrected chi connectivity index (χ3v) is 3.45. The molecule has 0 saturated carbocycles. The number of carbonyl (C=O) groups excluding carboxylic acids is 1. The average molecular weight is 299 g/mol. The van der Waals surface area contributed by atoms with Crippen molar-refractivity contribution in [2.45, 2.75) is 13.8 Å². The summed E-state index contributed by atoms with van der Waals surface area (Å²) in [6, 6.07) is 6.18. The van der Waals surface area contributed by atoms with Gasteiger partial charge < -0.3 is 9.72 Å². The van der Waals surface area contributed by atoms with Crippen LogP contribution in [0.25, 0.3) is 21.8 Å². The van der Waals surface area contributed by atoms with Crippen LogP contribution in [0.3, 0.4) is 0 Å². The van der Waals surface area contributed by atoms with Crippen LogP contribution in [0.15, 0.2) is 24.3 Å². The number of esters is 1. The van der Waals surface area contributed by atoms with E-state index in [0.29, 0.717) is 16.5 Å². The van der Waals surface area contributed by atoms with E-state index in [-0.39, 0.29) is 18.0 Å². The molecule has 3 rings (SSSR count). The van der Waals surface area contributed by atoms with Gasteiger partial charge in [-0.1, -0.05) is 0 Å². The molecule has 0 amide bonds. The van der Waals surface area contributed by atoms with Gasteiger partial charge in [-0.15, -0.1) is 0 Å². The van der Waals surface area contributed by atoms with E-state index in [1.54, 1.807) is 26.0 Å². The Morgan fingerprint density at radius 1 is 1.36 bits per heavy atom. The van der Waals surface area contributed by atoms with Crippen molar-refractivity contribution in [1.29, 1.82) is 0 Å². The summed E-state index contributed by atoms with van der Waals surface area (Å²) >= 11 is 0. The van der Waals surface area contributed by atoms with E-state index < -0.39 is 10.9 Å². The number of rotatable bonds is 3. The second-order valence-electron chi connectivity index (χ2n) is 4.85. The molecule has 0 radical (unpaired) electrons. The van der Waals surface area contributed by atoms with Crippen LogP contribution in [0, 0.1) is 17.0 Å². The Morgan fingerprint density at radius 2 is 2.14 bits per heavy atom. The molecule has 0 spiro atoms. The van der Waals surface area contributed by atoms with Gasteiger partial charge in [-0.25, -0.2) is 9.78 Å². The first-order valence-electron chi connectivity index (χ1n) is 6.76. The van der Waals surface area contributed by atoms with E-state index in [1.807, 2.05) is 0 Å². The molecule has 0 aliphatic carbocycles. The fourth-order valence-corrected chi connectivity index (χ4v) is 2.46. The third-order valence-electron chi connectivity index (χ3n) is 3.45. The van der Waals surface area contributed by atoms with Crippen molar-refractivity contribution in [2.75, 3.05) is 6.61 Å². The zero-order chi connectivity index (χ0) is 15.9. The van der Waals surface area contributed by atoms with Gasteiger partial charge in [0.25, 0.3) is 5.69 Å². The summed E-state index contributed by atoms with van der Waals surface area (Å²) in [7, 11) is 0. The molecule has 7 heteroatoms. The SMILES string of the molecule is CCOC(=O)c1cc2c([nH]c3ccc([N+](=O)[O-])cc32)c(C)n1. The number of nitro benzene ring substituents is 1. The van der Waals surface area contributed by atoms with Crippen LogP contribution >= 0.6 is 0 Å². The van der Waals surface area contributed by atoms with Crippen molar-refractivity contribution in [2.24, 2.45) is 0 Å². The number of hydrogen-bond donors (Lipinski definition) is 1. The highest BCUT2D eigenvalue weighted by molar-refractivity contribution is 6.10. The Bertz CT molecular complexity index is 914. The molecular formula is C15H13N3O4. The van der Waals surface area contributed by atoms with Crippen molar-refractivity contribution < 1.29 is 14.5 Å². The number of nitrogens with zero attached hydrogens (tertiary/aromatic N) is 2. The van der Waals surface area contributed by atoms with Crippen LogP contribution in [0.5, 0.6) is 0 Å². The largest absolute Gasteiger partial charge is 0.461 e. The summed E-state index contributed by atoms with van der Waals surface area (Å²) in [4.78, 5) is 29.8. The van der Waals surface area contributed by atoms with Crippen LogP contribution in [-0.4, -0.2) is 27.5 Å². The summed E-state index contributed by atoms with van der Waals surface area (Å²) in [5.74, 6) is -0.507. The van der Waals surface area contributed by atoms with Crippen molar-refractivity contribution >= 4 is 33.5 Å². The normalized spacial score (nSPS) is 11.0. The summed E-state index contributed by atoms with van der Waals surface area (Å²) in [5.41, 5.74) is 2.34. The lowest BCUT2D eigenvalue weighted by Crippen LogP contribution is -2.07. The van der Waals surface area contributed by atoms with Gasteiger partial charge in [-0.05, 0) is 26.0 Å². The van der Waals surface area contributed by atoms with Crippen LogP contribution in [0.1, 0.15) is 23.1 Å². The highest BCUT2D eigenvalue weighted by Crippen LogP contribution is 2.30. The predicted molar refractivity (Wildman–Crippen MR) is 80.9 cm³/mol. The standard InChI is InChI=1S/C15H13N3O4/c1-3-22-15(19)13-7-11-10-6-9(18(20)21)4-5-12(10)17-14(11)8(2)16-13/h4-7,17H,3H2,1-2H3. The first kappa shape index (κ1) is 14.0. The van der Waals surface area contributed by atoms with Crippen LogP contribution in [0.4, 0.5) is 5.69 Å². The zero-order valence-corrected chi connectivity index (χ0v) is 12.0. The number of benzene rings is 1. The molecule has 0 saturated heterocycles. The number of nitro groups is 1. The van der Waals surface area contributed by atoms with E-state index in [0.717, 1.165) is 11.0 Å². The van der Waals surface area contributed by atoms with E-state index in [1.165, 1.54) is 12.1 Å². The fourth-order valence-electron chi connectivity index (χ4n) is 2.46. The van der Waals surface area contributed by atoms with E-state index in [9.17, 15) is 14.9 Å². The molecule has 112 valence electrons. The number of fused-ring (bicyclic) bond motifs is 3. The molecule has 2 aromatic heterocycles. The Hall–Kier alpha value is -2.96. The number of non-ortho nitro benzene ring substituents is 1. The molecule has 1 N–H and O–H groups in total. The number of aromatic amines is 1. The number of H-pyrrole nitrogens is 1. The van der Waals surface area contributed by atoms with Crippen molar-refractivity contribution in [3.63, 3.8) is 0 Å². The van der Waals surface area contributed by atoms with Crippen molar-refractivity contribution in [1.82, 2.24) is 9.97 Å². The van der Waals surface area contributed by atoms with E-state index in [2.05, 4.69) is 9.97 Å². The maximum Gasteiger partial charge on any atom is 0.356 e. The second kappa shape index (κ2) is 5.10. The molecule has 0 fully saturated rings. The summed E-state index contributed by atoms with van der Waals surface area (Å²) < 4.78 is 4.96. The number of aryl methyl sites for hydroxylation is 1. The maximum absolute atomic E-state index is 11.9. The second-order valence-corrected chi connectivity index (χ2v) is 4.85. The Kier molecular flexibility index (Phi) is 3.25. The highest BCUT2D eigenvalue weighted by atomic mass is 16.6. The molecule has 3 aromatic rings. The number of aromatic nitrogens is 2. The molecule has 0 unspecified atom stereocenters. The van der Waals surface area contributed by atoms with Gasteiger partial charge in [0.1, 0.15) is 5.69 Å². The monoisotopic (exact) mass is 299 g/mol. The molecule has 0 aliphatic heterocycles. The van der Waals surface area contributed by atoms with Gasteiger partial charge in [0.15, 0.2) is 0 Å². The molecule has 0 aliphatic rings. The summed E-state index contributed by atoms with van der Waals surface area (Å²) in [6.07, 6.45) is 0. The Morgan fingerprint density at radius 3 is 2.82 bits per heavy atom. The van der Waals surface area contributed by atoms with Gasteiger partial charge in [0, 0.05) is 28.4 Å². The Labute approximate surface area is 125 Å². The van der Waals surface area contributed by atoms with Gasteiger partial charge in [0.05, 0.1) is 22.7 Å². The van der Waals surface area contributed by atoms with Gasteiger partial charge in [-0.3, -0.25) is 10.1 Å². The number of nitrogens with one attached hydrogen (secondary N) is 1. The molecule has 2 heterocycles. The molecule has 0 atom stereocenters.